The summed E-state index contributed by atoms with van der Waals surface area (Å²) in [6.45, 7) is 5.30. The molecule has 0 aliphatic carbocycles. The van der Waals surface area contributed by atoms with Crippen LogP contribution in [0.5, 0.6) is 0 Å². The molecule has 3 nitrogen and oxygen atoms in total. The Morgan fingerprint density at radius 1 is 1.47 bits per heavy atom. The smallest absolute Gasteiger partial charge is 0.234 e. The normalized spacial score (nSPS) is 18.8. The van der Waals surface area contributed by atoms with Gasteiger partial charge in [-0.25, -0.2) is 4.39 Å². The zero-order valence-electron chi connectivity index (χ0n) is 10.2. The number of nitrogens with one attached hydrogen (secondary N) is 1. The summed E-state index contributed by atoms with van der Waals surface area (Å²) in [5.41, 5.74) is 0.891. The van der Waals surface area contributed by atoms with Crippen molar-refractivity contribution in [1.29, 1.82) is 0 Å². The highest BCUT2D eigenvalue weighted by Gasteiger charge is 2.40. The van der Waals surface area contributed by atoms with Gasteiger partial charge in [0.2, 0.25) is 5.91 Å². The van der Waals surface area contributed by atoms with E-state index in [1.165, 1.54) is 12.1 Å². The van der Waals surface area contributed by atoms with Crippen LogP contribution in [0.15, 0.2) is 12.1 Å². The third-order valence-corrected chi connectivity index (χ3v) is 3.36. The third kappa shape index (κ3) is 1.72. The SMILES string of the molecule is CCC(O)c1cc(F)cc2c1NC(=O)C2(C)C. The number of carbonyl (C=O) groups is 1. The number of hydrogen-bond donors (Lipinski definition) is 2. The topological polar surface area (TPSA) is 49.3 Å². The molecule has 2 rings (SSSR count). The van der Waals surface area contributed by atoms with Crippen LogP contribution in [-0.2, 0) is 10.2 Å². The van der Waals surface area contributed by atoms with Crippen LogP contribution in [0, 0.1) is 5.82 Å². The fourth-order valence-electron chi connectivity index (χ4n) is 2.14. The van der Waals surface area contributed by atoms with Gasteiger partial charge in [0.15, 0.2) is 0 Å². The van der Waals surface area contributed by atoms with E-state index < -0.39 is 17.3 Å². The van der Waals surface area contributed by atoms with Crippen molar-refractivity contribution in [2.75, 3.05) is 5.32 Å². The molecule has 0 aromatic heterocycles. The Labute approximate surface area is 99.7 Å². The molecule has 1 atom stereocenters. The molecule has 0 bridgehead atoms. The molecule has 4 heteroatoms. The van der Waals surface area contributed by atoms with Crippen LogP contribution in [0.2, 0.25) is 0 Å². The quantitative estimate of drug-likeness (QED) is 0.830. The molecule has 1 aromatic rings. The Morgan fingerprint density at radius 2 is 2.12 bits per heavy atom. The molecular weight excluding hydrogens is 221 g/mol. The number of rotatable bonds is 2. The number of anilines is 1. The van der Waals surface area contributed by atoms with Crippen molar-refractivity contribution in [3.8, 4) is 0 Å². The summed E-state index contributed by atoms with van der Waals surface area (Å²) in [6, 6.07) is 2.65. The van der Waals surface area contributed by atoms with Crippen molar-refractivity contribution in [2.45, 2.75) is 38.7 Å². The lowest BCUT2D eigenvalue weighted by atomic mass is 9.85. The summed E-state index contributed by atoms with van der Waals surface area (Å²) < 4.78 is 13.5. The number of benzene rings is 1. The molecule has 1 aliphatic heterocycles. The van der Waals surface area contributed by atoms with Gasteiger partial charge in [-0.1, -0.05) is 6.92 Å². The van der Waals surface area contributed by atoms with Crippen molar-refractivity contribution >= 4 is 11.6 Å². The van der Waals surface area contributed by atoms with Gasteiger partial charge in [0, 0.05) is 5.56 Å². The standard InChI is InChI=1S/C13H16FNO2/c1-4-10(16)8-5-7(14)6-9-11(8)15-12(17)13(9,2)3/h5-6,10,16H,4H2,1-3H3,(H,15,17). The number of carbonyl (C=O) groups excluding carboxylic acids is 1. The monoisotopic (exact) mass is 237 g/mol. The number of hydrogen-bond acceptors (Lipinski definition) is 2. The first-order valence-electron chi connectivity index (χ1n) is 5.71. The van der Waals surface area contributed by atoms with Crippen molar-refractivity contribution in [1.82, 2.24) is 0 Å². The van der Waals surface area contributed by atoms with E-state index in [2.05, 4.69) is 5.32 Å². The van der Waals surface area contributed by atoms with Crippen LogP contribution in [0.1, 0.15) is 44.4 Å². The minimum atomic E-state index is -0.756. The first kappa shape index (κ1) is 12.0. The first-order valence-corrected chi connectivity index (χ1v) is 5.71. The Hall–Kier alpha value is -1.42. The first-order chi connectivity index (χ1) is 7.87. The maximum atomic E-state index is 13.5. The highest BCUT2D eigenvalue weighted by atomic mass is 19.1. The van der Waals surface area contributed by atoms with E-state index in [1.54, 1.807) is 13.8 Å². The van der Waals surface area contributed by atoms with Crippen molar-refractivity contribution in [2.24, 2.45) is 0 Å². The zero-order valence-corrected chi connectivity index (χ0v) is 10.2. The molecule has 1 aromatic carbocycles. The molecule has 1 heterocycles. The van der Waals surface area contributed by atoms with Crippen LogP contribution in [0.3, 0.4) is 0 Å². The highest BCUT2D eigenvalue weighted by molar-refractivity contribution is 6.06. The lowest BCUT2D eigenvalue weighted by Crippen LogP contribution is -2.26. The highest BCUT2D eigenvalue weighted by Crippen LogP contribution is 2.42. The Morgan fingerprint density at radius 3 is 2.71 bits per heavy atom. The molecule has 1 aliphatic rings. The zero-order chi connectivity index (χ0) is 12.8. The average Bonchev–Trinajstić information content (AvgIpc) is 2.50. The van der Waals surface area contributed by atoms with E-state index in [4.69, 9.17) is 0 Å². The predicted octanol–water partition coefficient (Wildman–Crippen LogP) is 2.50. The van der Waals surface area contributed by atoms with E-state index in [-0.39, 0.29) is 5.91 Å². The van der Waals surface area contributed by atoms with Crippen LogP contribution in [0.4, 0.5) is 10.1 Å². The maximum Gasteiger partial charge on any atom is 0.234 e. The van der Waals surface area contributed by atoms with Crippen LogP contribution < -0.4 is 5.32 Å². The Kier molecular flexibility index (Phi) is 2.70. The van der Waals surface area contributed by atoms with Gasteiger partial charge in [-0.05, 0) is 38.0 Å². The molecule has 1 amide bonds. The summed E-state index contributed by atoms with van der Waals surface area (Å²) in [5.74, 6) is -0.585. The van der Waals surface area contributed by atoms with E-state index >= 15 is 0 Å². The summed E-state index contributed by atoms with van der Waals surface area (Å²) in [5, 5.41) is 12.6. The van der Waals surface area contributed by atoms with Gasteiger partial charge in [-0.2, -0.15) is 0 Å². The van der Waals surface area contributed by atoms with Gasteiger partial charge in [0.1, 0.15) is 5.82 Å². The second-order valence-corrected chi connectivity index (χ2v) is 4.92. The summed E-state index contributed by atoms with van der Waals surface area (Å²) >= 11 is 0. The minimum absolute atomic E-state index is 0.164. The number of halogens is 1. The number of fused-ring (bicyclic) bond motifs is 1. The lowest BCUT2D eigenvalue weighted by Gasteiger charge is -2.17. The van der Waals surface area contributed by atoms with Gasteiger partial charge in [0.25, 0.3) is 0 Å². The van der Waals surface area contributed by atoms with Crippen LogP contribution in [-0.4, -0.2) is 11.0 Å². The molecule has 0 saturated heterocycles. The van der Waals surface area contributed by atoms with Gasteiger partial charge < -0.3 is 10.4 Å². The third-order valence-electron chi connectivity index (χ3n) is 3.36. The van der Waals surface area contributed by atoms with E-state index in [0.29, 0.717) is 23.2 Å². The summed E-state index contributed by atoms with van der Waals surface area (Å²) in [6.07, 6.45) is -0.278. The van der Waals surface area contributed by atoms with Gasteiger partial charge >= 0.3 is 0 Å². The molecule has 1 unspecified atom stereocenters. The molecule has 0 fully saturated rings. The summed E-state index contributed by atoms with van der Waals surface area (Å²) in [4.78, 5) is 11.8. The van der Waals surface area contributed by atoms with Crippen molar-refractivity contribution in [3.05, 3.63) is 29.1 Å². The van der Waals surface area contributed by atoms with Gasteiger partial charge in [0.05, 0.1) is 17.2 Å². The lowest BCUT2D eigenvalue weighted by molar-refractivity contribution is -0.119. The largest absolute Gasteiger partial charge is 0.388 e. The van der Waals surface area contributed by atoms with Crippen LogP contribution in [0.25, 0.3) is 0 Å². The fraction of sp³-hybridized carbons (Fsp3) is 0.462. The van der Waals surface area contributed by atoms with Crippen molar-refractivity contribution < 1.29 is 14.3 Å². The molecular formula is C13H16FNO2. The molecule has 2 N–H and O–H groups in total. The van der Waals surface area contributed by atoms with Gasteiger partial charge in [-0.15, -0.1) is 0 Å². The molecule has 92 valence electrons. The molecule has 0 radical (unpaired) electrons. The fourth-order valence-corrected chi connectivity index (χ4v) is 2.14. The number of amides is 1. The van der Waals surface area contributed by atoms with Crippen LogP contribution >= 0.6 is 0 Å². The second-order valence-electron chi connectivity index (χ2n) is 4.92. The maximum absolute atomic E-state index is 13.5. The van der Waals surface area contributed by atoms with E-state index in [0.717, 1.165) is 0 Å². The Balaban J connectivity index is 2.64. The molecule has 0 saturated carbocycles. The summed E-state index contributed by atoms with van der Waals surface area (Å²) in [7, 11) is 0. The second kappa shape index (κ2) is 3.81. The molecule has 0 spiro atoms. The van der Waals surface area contributed by atoms with Gasteiger partial charge in [-0.3, -0.25) is 4.79 Å². The molecule has 17 heavy (non-hydrogen) atoms. The van der Waals surface area contributed by atoms with E-state index in [9.17, 15) is 14.3 Å². The van der Waals surface area contributed by atoms with E-state index in [1.807, 2.05) is 6.92 Å². The minimum Gasteiger partial charge on any atom is -0.388 e. The average molecular weight is 237 g/mol. The number of aliphatic hydroxyl groups excluding tert-OH is 1. The number of aliphatic hydroxyl groups is 1. The predicted molar refractivity (Wildman–Crippen MR) is 63.3 cm³/mol. The van der Waals surface area contributed by atoms with Crippen molar-refractivity contribution in [3.63, 3.8) is 0 Å². The Bertz CT molecular complexity index is 483.